The zero-order valence-electron chi connectivity index (χ0n) is 19.3. The van der Waals surface area contributed by atoms with E-state index in [1.165, 1.54) is 103 Å². The Morgan fingerprint density at radius 2 is 1.20 bits per heavy atom. The Labute approximate surface area is 186 Å². The van der Waals surface area contributed by atoms with Crippen molar-refractivity contribution in [2.45, 2.75) is 128 Å². The number of nitrogens with two attached hydrogens (primary N) is 1. The average molecular weight is 446 g/mol. The van der Waals surface area contributed by atoms with E-state index < -0.39 is 16.1 Å². The Balaban J connectivity index is 1.76. The van der Waals surface area contributed by atoms with E-state index in [1.807, 2.05) is 0 Å². The summed E-state index contributed by atoms with van der Waals surface area (Å²) in [4.78, 5) is 11.5. The molecule has 0 spiro atoms. The molecular formula is C24H47NO4S. The van der Waals surface area contributed by atoms with Gasteiger partial charge >= 0.3 is 16.1 Å². The summed E-state index contributed by atoms with van der Waals surface area (Å²) in [6, 6.07) is 0. The van der Waals surface area contributed by atoms with E-state index in [1.54, 1.807) is 0 Å². The summed E-state index contributed by atoms with van der Waals surface area (Å²) in [6.07, 6.45) is 25.4. The van der Waals surface area contributed by atoms with E-state index >= 15 is 0 Å². The molecule has 0 unspecified atom stereocenters. The van der Waals surface area contributed by atoms with Gasteiger partial charge in [0.25, 0.3) is 0 Å². The molecule has 0 atom stereocenters. The SMILES string of the molecule is NCCS(=O)(=O)OC(=O)CCCCCCCCCCCCCCCC1CCCCC1. The third-order valence-corrected chi connectivity index (χ3v) is 7.48. The standard InChI is InChI=1S/C24H47NO4S/c25-21-22-30(27,28)29-24(26)20-16-11-9-7-5-3-1-2-4-6-8-10-13-17-23-18-14-12-15-19-23/h23H,1-22,25H2. The van der Waals surface area contributed by atoms with Gasteiger partial charge in [-0.05, 0) is 12.3 Å². The fourth-order valence-corrected chi connectivity index (χ4v) is 5.23. The van der Waals surface area contributed by atoms with Crippen LogP contribution in [0, 0.1) is 5.92 Å². The third kappa shape index (κ3) is 16.1. The van der Waals surface area contributed by atoms with Gasteiger partial charge in [0.2, 0.25) is 0 Å². The summed E-state index contributed by atoms with van der Waals surface area (Å²) in [7, 11) is -3.78. The second-order valence-corrected chi connectivity index (χ2v) is 10.8. The zero-order valence-corrected chi connectivity index (χ0v) is 20.1. The van der Waals surface area contributed by atoms with Gasteiger partial charge in [0.05, 0.1) is 5.75 Å². The van der Waals surface area contributed by atoms with Crippen molar-refractivity contribution in [3.63, 3.8) is 0 Å². The van der Waals surface area contributed by atoms with Crippen LogP contribution in [-0.2, 0) is 19.1 Å². The number of unbranched alkanes of at least 4 members (excludes halogenated alkanes) is 12. The molecular weight excluding hydrogens is 398 g/mol. The molecule has 0 aliphatic heterocycles. The van der Waals surface area contributed by atoms with Crippen LogP contribution in [0.15, 0.2) is 0 Å². The number of carbonyl (C=O) groups is 1. The van der Waals surface area contributed by atoms with E-state index in [-0.39, 0.29) is 18.7 Å². The summed E-state index contributed by atoms with van der Waals surface area (Å²) in [5.41, 5.74) is 5.17. The summed E-state index contributed by atoms with van der Waals surface area (Å²) >= 11 is 0. The van der Waals surface area contributed by atoms with Crippen molar-refractivity contribution >= 4 is 16.1 Å². The van der Waals surface area contributed by atoms with Gasteiger partial charge in [-0.3, -0.25) is 4.79 Å². The largest absolute Gasteiger partial charge is 0.346 e. The summed E-state index contributed by atoms with van der Waals surface area (Å²) < 4.78 is 27.1. The Kier molecular flexibility index (Phi) is 16.4. The van der Waals surface area contributed by atoms with Crippen LogP contribution in [0.5, 0.6) is 0 Å². The number of hydrogen-bond acceptors (Lipinski definition) is 5. The number of rotatable bonds is 19. The molecule has 178 valence electrons. The fourth-order valence-electron chi connectivity index (χ4n) is 4.49. The van der Waals surface area contributed by atoms with Crippen molar-refractivity contribution in [1.29, 1.82) is 0 Å². The molecule has 0 bridgehead atoms. The highest BCUT2D eigenvalue weighted by Crippen LogP contribution is 2.28. The predicted molar refractivity (Wildman–Crippen MR) is 125 cm³/mol. The lowest BCUT2D eigenvalue weighted by Gasteiger charge is -2.21. The predicted octanol–water partition coefficient (Wildman–Crippen LogP) is 6.25. The minimum Gasteiger partial charge on any atom is -0.346 e. The maximum Gasteiger partial charge on any atom is 0.322 e. The Morgan fingerprint density at radius 3 is 1.70 bits per heavy atom. The van der Waals surface area contributed by atoms with Crippen molar-refractivity contribution in [3.05, 3.63) is 0 Å². The van der Waals surface area contributed by atoms with Crippen molar-refractivity contribution < 1.29 is 17.4 Å². The molecule has 1 aliphatic rings. The maximum atomic E-state index is 11.5. The van der Waals surface area contributed by atoms with E-state index in [2.05, 4.69) is 4.18 Å². The van der Waals surface area contributed by atoms with Gasteiger partial charge in [0.15, 0.2) is 0 Å². The van der Waals surface area contributed by atoms with Crippen molar-refractivity contribution in [2.24, 2.45) is 11.7 Å². The molecule has 0 amide bonds. The fraction of sp³-hybridized carbons (Fsp3) is 0.958. The summed E-state index contributed by atoms with van der Waals surface area (Å²) in [5, 5.41) is 0. The highest BCUT2D eigenvalue weighted by molar-refractivity contribution is 7.87. The van der Waals surface area contributed by atoms with Crippen LogP contribution < -0.4 is 5.73 Å². The Hall–Kier alpha value is -0.620. The third-order valence-electron chi connectivity index (χ3n) is 6.31. The van der Waals surface area contributed by atoms with Crippen molar-refractivity contribution in [1.82, 2.24) is 0 Å². The van der Waals surface area contributed by atoms with Gasteiger partial charge in [-0.1, -0.05) is 116 Å². The molecule has 1 saturated carbocycles. The molecule has 6 heteroatoms. The average Bonchev–Trinajstić information content (AvgIpc) is 2.71. The van der Waals surface area contributed by atoms with Gasteiger partial charge in [0.1, 0.15) is 0 Å². The molecule has 30 heavy (non-hydrogen) atoms. The van der Waals surface area contributed by atoms with Crippen LogP contribution >= 0.6 is 0 Å². The van der Waals surface area contributed by atoms with Crippen LogP contribution in [0.3, 0.4) is 0 Å². The monoisotopic (exact) mass is 445 g/mol. The van der Waals surface area contributed by atoms with Crippen molar-refractivity contribution in [3.8, 4) is 0 Å². The first kappa shape index (κ1) is 27.4. The first-order valence-corrected chi connectivity index (χ1v) is 14.3. The van der Waals surface area contributed by atoms with Crippen molar-refractivity contribution in [2.75, 3.05) is 12.3 Å². The Bertz CT molecular complexity index is 515. The Morgan fingerprint density at radius 1 is 0.733 bits per heavy atom. The molecule has 5 nitrogen and oxygen atoms in total. The topological polar surface area (TPSA) is 86.5 Å². The summed E-state index contributed by atoms with van der Waals surface area (Å²) in [5.74, 6) is 0.0848. The van der Waals surface area contributed by atoms with E-state index in [0.717, 1.165) is 18.8 Å². The minimum absolute atomic E-state index is 0.0318. The zero-order chi connectivity index (χ0) is 21.9. The normalized spacial score (nSPS) is 15.4. The molecule has 0 aromatic heterocycles. The quantitative estimate of drug-likeness (QED) is 0.187. The second-order valence-electron chi connectivity index (χ2n) is 9.14. The lowest BCUT2D eigenvalue weighted by Crippen LogP contribution is -2.21. The molecule has 1 aliphatic carbocycles. The molecule has 0 aromatic rings. The van der Waals surface area contributed by atoms with Gasteiger partial charge < -0.3 is 9.92 Å². The molecule has 1 rings (SSSR count). The van der Waals surface area contributed by atoms with Crippen LogP contribution in [0.25, 0.3) is 0 Å². The number of carbonyl (C=O) groups excluding carboxylic acids is 1. The molecule has 0 aromatic carbocycles. The highest BCUT2D eigenvalue weighted by Gasteiger charge is 2.15. The van der Waals surface area contributed by atoms with E-state index in [9.17, 15) is 13.2 Å². The molecule has 0 heterocycles. The van der Waals surface area contributed by atoms with Crippen LogP contribution in [0.1, 0.15) is 128 Å². The van der Waals surface area contributed by atoms with E-state index in [4.69, 9.17) is 5.73 Å². The first-order chi connectivity index (χ1) is 14.5. The molecule has 0 radical (unpaired) electrons. The van der Waals surface area contributed by atoms with Gasteiger partial charge in [-0.2, -0.15) is 8.42 Å². The second kappa shape index (κ2) is 18.0. The maximum absolute atomic E-state index is 11.5. The molecule has 0 saturated heterocycles. The van der Waals surface area contributed by atoms with E-state index in [0.29, 0.717) is 6.42 Å². The van der Waals surface area contributed by atoms with Gasteiger partial charge in [0, 0.05) is 13.0 Å². The van der Waals surface area contributed by atoms with Crippen LogP contribution in [0.4, 0.5) is 0 Å². The smallest absolute Gasteiger partial charge is 0.322 e. The minimum atomic E-state index is -3.78. The lowest BCUT2D eigenvalue weighted by molar-refractivity contribution is -0.133. The van der Waals surface area contributed by atoms with Gasteiger partial charge in [-0.25, -0.2) is 0 Å². The molecule has 2 N–H and O–H groups in total. The van der Waals surface area contributed by atoms with Gasteiger partial charge in [-0.15, -0.1) is 0 Å². The van der Waals surface area contributed by atoms with Crippen LogP contribution in [-0.4, -0.2) is 26.7 Å². The summed E-state index contributed by atoms with van der Waals surface area (Å²) in [6.45, 7) is -0.0318. The first-order valence-electron chi connectivity index (χ1n) is 12.7. The molecule has 1 fully saturated rings. The lowest BCUT2D eigenvalue weighted by atomic mass is 9.85. The highest BCUT2D eigenvalue weighted by atomic mass is 32.2. The van der Waals surface area contributed by atoms with Crippen LogP contribution in [0.2, 0.25) is 0 Å². The number of hydrogen-bond donors (Lipinski definition) is 1.